The van der Waals surface area contributed by atoms with Crippen LogP contribution in [0.5, 0.6) is 5.75 Å². The van der Waals surface area contributed by atoms with E-state index in [-0.39, 0.29) is 16.9 Å². The molecule has 0 unspecified atom stereocenters. The molecule has 0 aliphatic heterocycles. The van der Waals surface area contributed by atoms with E-state index in [1.807, 2.05) is 30.3 Å². The highest BCUT2D eigenvalue weighted by atomic mass is 32.2. The number of carbonyl (C=O) groups is 1. The van der Waals surface area contributed by atoms with Gasteiger partial charge in [0, 0.05) is 17.1 Å². The van der Waals surface area contributed by atoms with E-state index in [4.69, 9.17) is 4.74 Å². The molecule has 0 fully saturated rings. The number of hydrogen-bond donors (Lipinski definition) is 3. The lowest BCUT2D eigenvalue weighted by molar-refractivity contribution is 0.102. The molecule has 0 aliphatic rings. The molecule has 8 nitrogen and oxygen atoms in total. The minimum Gasteiger partial charge on any atom is -0.489 e. The first-order chi connectivity index (χ1) is 16.3. The van der Waals surface area contributed by atoms with Gasteiger partial charge in [-0.05, 0) is 61.0 Å². The lowest BCUT2D eigenvalue weighted by Gasteiger charge is -2.10. The van der Waals surface area contributed by atoms with Crippen LogP contribution in [0.3, 0.4) is 0 Å². The van der Waals surface area contributed by atoms with Gasteiger partial charge in [0.1, 0.15) is 23.7 Å². The Kier molecular flexibility index (Phi) is 6.60. The first kappa shape index (κ1) is 23.0. The topological polar surface area (TPSA) is 113 Å². The Morgan fingerprint density at radius 2 is 1.62 bits per heavy atom. The predicted molar refractivity (Wildman–Crippen MR) is 126 cm³/mol. The van der Waals surface area contributed by atoms with Crippen molar-refractivity contribution in [3.63, 3.8) is 0 Å². The normalized spacial score (nSPS) is 11.1. The van der Waals surface area contributed by atoms with E-state index in [0.29, 0.717) is 18.0 Å². The smallest absolute Gasteiger partial charge is 0.282 e. The Bertz CT molecular complexity index is 1390. The van der Waals surface area contributed by atoms with Gasteiger partial charge in [0.05, 0.1) is 0 Å². The van der Waals surface area contributed by atoms with Gasteiger partial charge in [-0.3, -0.25) is 14.6 Å². The maximum absolute atomic E-state index is 13.1. The van der Waals surface area contributed by atoms with E-state index in [0.717, 1.165) is 17.7 Å². The Labute approximate surface area is 195 Å². The molecule has 10 heteroatoms. The molecule has 0 atom stereocenters. The summed E-state index contributed by atoms with van der Waals surface area (Å²) >= 11 is 0. The number of amides is 1. The summed E-state index contributed by atoms with van der Waals surface area (Å²) in [6.45, 7) is 1.95. The van der Waals surface area contributed by atoms with Crippen LogP contribution in [0.1, 0.15) is 21.6 Å². The second-order valence-corrected chi connectivity index (χ2v) is 8.99. The minimum atomic E-state index is -4.21. The lowest BCUT2D eigenvalue weighted by Crippen LogP contribution is -2.20. The van der Waals surface area contributed by atoms with Gasteiger partial charge in [-0.2, -0.15) is 13.5 Å². The number of rotatable bonds is 8. The van der Waals surface area contributed by atoms with Gasteiger partial charge in [-0.1, -0.05) is 30.3 Å². The van der Waals surface area contributed by atoms with Crippen LogP contribution < -0.4 is 14.8 Å². The highest BCUT2D eigenvalue weighted by molar-refractivity contribution is 7.92. The first-order valence-corrected chi connectivity index (χ1v) is 11.7. The van der Waals surface area contributed by atoms with Crippen LogP contribution in [-0.4, -0.2) is 24.5 Å². The number of aromatic amines is 1. The molecule has 1 aromatic heterocycles. The van der Waals surface area contributed by atoms with Crippen molar-refractivity contribution in [3.05, 3.63) is 102 Å². The number of H-pyrrole nitrogens is 1. The van der Waals surface area contributed by atoms with E-state index in [1.54, 1.807) is 31.2 Å². The highest BCUT2D eigenvalue weighted by Gasteiger charge is 2.28. The summed E-state index contributed by atoms with van der Waals surface area (Å²) in [5.41, 5.74) is 1.77. The molecule has 0 radical (unpaired) electrons. The van der Waals surface area contributed by atoms with Gasteiger partial charge in [-0.25, -0.2) is 4.39 Å². The zero-order chi connectivity index (χ0) is 24.1. The van der Waals surface area contributed by atoms with E-state index in [2.05, 4.69) is 20.2 Å². The van der Waals surface area contributed by atoms with E-state index in [9.17, 15) is 17.6 Å². The third kappa shape index (κ3) is 5.41. The maximum atomic E-state index is 13.1. The largest absolute Gasteiger partial charge is 0.489 e. The summed E-state index contributed by atoms with van der Waals surface area (Å²) in [5.74, 6) is -0.535. The monoisotopic (exact) mass is 480 g/mol. The van der Waals surface area contributed by atoms with Crippen molar-refractivity contribution in [2.24, 2.45) is 0 Å². The van der Waals surface area contributed by atoms with Crippen LogP contribution in [0.15, 0.2) is 83.9 Å². The van der Waals surface area contributed by atoms with Crippen molar-refractivity contribution in [2.75, 3.05) is 10.0 Å². The lowest BCUT2D eigenvalue weighted by atomic mass is 10.2. The van der Waals surface area contributed by atoms with Crippen molar-refractivity contribution in [1.29, 1.82) is 0 Å². The molecule has 0 saturated heterocycles. The maximum Gasteiger partial charge on any atom is 0.282 e. The number of sulfonamides is 1. The molecular weight excluding hydrogens is 459 g/mol. The van der Waals surface area contributed by atoms with Crippen LogP contribution in [0, 0.1) is 12.7 Å². The summed E-state index contributed by atoms with van der Waals surface area (Å²) in [6.07, 6.45) is 0. The summed E-state index contributed by atoms with van der Waals surface area (Å²) < 4.78 is 46.8. The van der Waals surface area contributed by atoms with Crippen molar-refractivity contribution in [2.45, 2.75) is 18.6 Å². The van der Waals surface area contributed by atoms with Crippen LogP contribution in [0.2, 0.25) is 0 Å². The third-order valence-corrected chi connectivity index (χ3v) is 6.16. The molecule has 34 heavy (non-hydrogen) atoms. The predicted octanol–water partition coefficient (Wildman–Crippen LogP) is 4.49. The summed E-state index contributed by atoms with van der Waals surface area (Å²) in [7, 11) is -4.21. The molecule has 1 amide bonds. The molecule has 0 bridgehead atoms. The molecule has 4 aromatic rings. The fourth-order valence-electron chi connectivity index (χ4n) is 3.16. The SMILES string of the molecule is Cc1[nH]nc(S(=O)(=O)Nc2ccc(F)cc2)c1C(=O)Nc1ccc(OCc2ccccc2)cc1. The van der Waals surface area contributed by atoms with E-state index in [1.165, 1.54) is 12.1 Å². The molecule has 1 heterocycles. The van der Waals surface area contributed by atoms with E-state index < -0.39 is 26.8 Å². The quantitative estimate of drug-likeness (QED) is 0.344. The minimum absolute atomic E-state index is 0.126. The van der Waals surface area contributed by atoms with Gasteiger partial charge >= 0.3 is 0 Å². The average molecular weight is 481 g/mol. The van der Waals surface area contributed by atoms with Crippen LogP contribution in [-0.2, 0) is 16.6 Å². The average Bonchev–Trinajstić information content (AvgIpc) is 3.23. The van der Waals surface area contributed by atoms with Gasteiger partial charge in [0.2, 0.25) is 5.03 Å². The number of anilines is 2. The number of aryl methyl sites for hydroxylation is 1. The van der Waals surface area contributed by atoms with Gasteiger partial charge in [0.25, 0.3) is 15.9 Å². The van der Waals surface area contributed by atoms with Crippen molar-refractivity contribution in [1.82, 2.24) is 10.2 Å². The summed E-state index contributed by atoms with van der Waals surface area (Å²) in [4.78, 5) is 12.9. The molecule has 3 aromatic carbocycles. The molecule has 3 N–H and O–H groups in total. The second kappa shape index (κ2) is 9.75. The van der Waals surface area contributed by atoms with Crippen LogP contribution in [0.4, 0.5) is 15.8 Å². The molecule has 174 valence electrons. The summed E-state index contributed by atoms with van der Waals surface area (Å²) in [5, 5.41) is 8.55. The van der Waals surface area contributed by atoms with Crippen molar-refractivity contribution >= 4 is 27.3 Å². The zero-order valence-corrected chi connectivity index (χ0v) is 18.9. The van der Waals surface area contributed by atoms with Gasteiger partial charge < -0.3 is 10.1 Å². The number of hydrogen-bond acceptors (Lipinski definition) is 5. The molecule has 0 aliphatic carbocycles. The number of benzene rings is 3. The van der Waals surface area contributed by atoms with Crippen LogP contribution in [0.25, 0.3) is 0 Å². The summed E-state index contributed by atoms with van der Waals surface area (Å²) in [6, 6.07) is 21.2. The van der Waals surface area contributed by atoms with E-state index >= 15 is 0 Å². The Morgan fingerprint density at radius 3 is 2.29 bits per heavy atom. The van der Waals surface area contributed by atoms with Crippen molar-refractivity contribution < 1.29 is 22.3 Å². The number of nitrogens with zero attached hydrogens (tertiary/aromatic N) is 1. The Morgan fingerprint density at radius 1 is 0.971 bits per heavy atom. The fraction of sp³-hybridized carbons (Fsp3) is 0.0833. The number of halogens is 1. The van der Waals surface area contributed by atoms with Crippen molar-refractivity contribution in [3.8, 4) is 5.75 Å². The highest BCUT2D eigenvalue weighted by Crippen LogP contribution is 2.23. The molecule has 4 rings (SSSR count). The first-order valence-electron chi connectivity index (χ1n) is 10.2. The Hall–Kier alpha value is -4.18. The number of nitrogens with one attached hydrogen (secondary N) is 3. The van der Waals surface area contributed by atoms with Gasteiger partial charge in [-0.15, -0.1) is 0 Å². The van der Waals surface area contributed by atoms with Gasteiger partial charge in [0.15, 0.2) is 0 Å². The number of ether oxygens (including phenoxy) is 1. The zero-order valence-electron chi connectivity index (χ0n) is 18.1. The molecular formula is C24H21FN4O4S. The molecule has 0 spiro atoms. The van der Waals surface area contributed by atoms with Crippen LogP contribution >= 0.6 is 0 Å². The fourth-order valence-corrected chi connectivity index (χ4v) is 4.38. The third-order valence-electron chi connectivity index (χ3n) is 4.85. The number of aromatic nitrogens is 2. The molecule has 0 saturated carbocycles. The Balaban J connectivity index is 1.46. The standard InChI is InChI=1S/C24H21FN4O4S/c1-16-22(24(28-27-16)34(31,32)29-20-9-7-18(25)8-10-20)23(30)26-19-11-13-21(14-12-19)33-15-17-5-3-2-4-6-17/h2-14,29H,15H2,1H3,(H,26,30)(H,27,28). The number of carbonyl (C=O) groups excluding carboxylic acids is 1. The second-order valence-electron chi connectivity index (χ2n) is 7.39.